The molecule has 0 radical (unpaired) electrons. The fourth-order valence-corrected chi connectivity index (χ4v) is 5.07. The summed E-state index contributed by atoms with van der Waals surface area (Å²) in [5.41, 5.74) is 1.37. The largest absolute Gasteiger partial charge is 0.416 e. The van der Waals surface area contributed by atoms with Gasteiger partial charge in [-0.05, 0) is 41.8 Å². The molecule has 1 heterocycles. The molecule has 1 atom stereocenters. The first-order valence-electron chi connectivity index (χ1n) is 9.79. The lowest BCUT2D eigenvalue weighted by molar-refractivity contribution is -0.137. The number of hydrogen-bond acceptors (Lipinski definition) is 3. The number of rotatable bonds is 5. The van der Waals surface area contributed by atoms with Gasteiger partial charge in [-0.1, -0.05) is 54.6 Å². The van der Waals surface area contributed by atoms with E-state index in [2.05, 4.69) is 4.72 Å². The summed E-state index contributed by atoms with van der Waals surface area (Å²) in [5.74, 6) is 0. The smallest absolute Gasteiger partial charge is 0.365 e. The lowest BCUT2D eigenvalue weighted by atomic mass is 9.96. The fraction of sp³-hybridized carbons (Fsp3) is 0.217. The maximum atomic E-state index is 13.3. The van der Waals surface area contributed by atoms with E-state index in [1.807, 2.05) is 35.2 Å². The molecule has 1 unspecified atom stereocenters. The van der Waals surface area contributed by atoms with Gasteiger partial charge in [-0.25, -0.2) is 13.1 Å². The minimum atomic E-state index is -4.45. The Hall–Kier alpha value is -2.84. The number of nitrogens with zero attached hydrogens (tertiary/aromatic N) is 1. The van der Waals surface area contributed by atoms with Crippen molar-refractivity contribution in [3.8, 4) is 0 Å². The third-order valence-corrected chi connectivity index (χ3v) is 6.79. The molecule has 1 aliphatic rings. The lowest BCUT2D eigenvalue weighted by Gasteiger charge is -2.37. The lowest BCUT2D eigenvalue weighted by Crippen LogP contribution is -2.48. The van der Waals surface area contributed by atoms with E-state index >= 15 is 0 Å². The van der Waals surface area contributed by atoms with Crippen LogP contribution in [0.5, 0.6) is 0 Å². The van der Waals surface area contributed by atoms with Crippen molar-refractivity contribution < 1.29 is 21.6 Å². The van der Waals surface area contributed by atoms with Crippen LogP contribution in [-0.4, -0.2) is 21.0 Å². The highest BCUT2D eigenvalue weighted by Gasteiger charge is 2.34. The van der Waals surface area contributed by atoms with Crippen molar-refractivity contribution in [3.05, 3.63) is 95.6 Å². The van der Waals surface area contributed by atoms with Gasteiger partial charge in [-0.2, -0.15) is 13.2 Å². The van der Waals surface area contributed by atoms with Gasteiger partial charge >= 0.3 is 6.18 Å². The molecule has 31 heavy (non-hydrogen) atoms. The molecule has 0 saturated carbocycles. The van der Waals surface area contributed by atoms with Gasteiger partial charge in [0.1, 0.15) is 0 Å². The third-order valence-electron chi connectivity index (χ3n) is 5.25. The van der Waals surface area contributed by atoms with Crippen molar-refractivity contribution in [2.24, 2.45) is 0 Å². The van der Waals surface area contributed by atoms with Gasteiger partial charge in [0.15, 0.2) is 0 Å². The van der Waals surface area contributed by atoms with Crippen LogP contribution in [0.25, 0.3) is 0 Å². The molecule has 4 nitrogen and oxygen atoms in total. The Morgan fingerprint density at radius 1 is 0.935 bits per heavy atom. The molecular formula is C23H21F3N2O2S. The third kappa shape index (κ3) is 4.91. The van der Waals surface area contributed by atoms with E-state index in [4.69, 9.17) is 0 Å². The Morgan fingerprint density at radius 3 is 2.23 bits per heavy atom. The SMILES string of the molecule is O=S(=O)(NC1Cc2ccc(C(F)(F)F)cc2N(Cc2ccccc2)C1)c1ccccc1. The van der Waals surface area contributed by atoms with Gasteiger partial charge in [-0.15, -0.1) is 0 Å². The van der Waals surface area contributed by atoms with Crippen LogP contribution in [0.15, 0.2) is 83.8 Å². The number of alkyl halides is 3. The number of hydrogen-bond donors (Lipinski definition) is 1. The number of sulfonamides is 1. The Bertz CT molecular complexity index is 1150. The van der Waals surface area contributed by atoms with Crippen LogP contribution in [0, 0.1) is 0 Å². The quantitative estimate of drug-likeness (QED) is 0.623. The summed E-state index contributed by atoms with van der Waals surface area (Å²) in [6.07, 6.45) is -4.13. The summed E-state index contributed by atoms with van der Waals surface area (Å²) < 4.78 is 68.2. The summed E-state index contributed by atoms with van der Waals surface area (Å²) >= 11 is 0. The fourth-order valence-electron chi connectivity index (χ4n) is 3.82. The van der Waals surface area contributed by atoms with Crippen LogP contribution in [-0.2, 0) is 29.2 Å². The van der Waals surface area contributed by atoms with Crippen LogP contribution in [0.4, 0.5) is 18.9 Å². The summed E-state index contributed by atoms with van der Waals surface area (Å²) in [6.45, 7) is 0.633. The first-order valence-corrected chi connectivity index (χ1v) is 11.3. The molecule has 0 aliphatic carbocycles. The molecule has 3 aromatic rings. The van der Waals surface area contributed by atoms with Gasteiger partial charge in [0, 0.05) is 24.8 Å². The van der Waals surface area contributed by atoms with Gasteiger partial charge < -0.3 is 4.90 Å². The molecule has 4 rings (SSSR count). The van der Waals surface area contributed by atoms with Crippen LogP contribution in [0.3, 0.4) is 0 Å². The maximum Gasteiger partial charge on any atom is 0.416 e. The predicted molar refractivity (Wildman–Crippen MR) is 113 cm³/mol. The van der Waals surface area contributed by atoms with E-state index in [1.54, 1.807) is 18.2 Å². The molecule has 0 spiro atoms. The van der Waals surface area contributed by atoms with E-state index in [0.29, 0.717) is 24.2 Å². The molecule has 3 aromatic carbocycles. The number of nitrogens with one attached hydrogen (secondary N) is 1. The zero-order valence-corrected chi connectivity index (χ0v) is 17.3. The molecule has 0 amide bonds. The standard InChI is InChI=1S/C23H21F3N2O2S/c24-23(25,26)19-12-11-18-13-20(27-31(29,30)21-9-5-2-6-10-21)16-28(22(18)14-19)15-17-7-3-1-4-8-17/h1-12,14,20,27H,13,15-16H2. The van der Waals surface area contributed by atoms with E-state index in [1.165, 1.54) is 18.2 Å². The Labute approximate surface area is 179 Å². The Balaban J connectivity index is 1.66. The summed E-state index contributed by atoms with van der Waals surface area (Å²) in [5, 5.41) is 0. The molecule has 0 fully saturated rings. The second kappa shape index (κ2) is 8.36. The maximum absolute atomic E-state index is 13.3. The van der Waals surface area contributed by atoms with Crippen molar-refractivity contribution in [2.45, 2.75) is 30.1 Å². The van der Waals surface area contributed by atoms with Crippen LogP contribution in [0.1, 0.15) is 16.7 Å². The zero-order chi connectivity index (χ0) is 22.1. The first kappa shape index (κ1) is 21.4. The molecule has 1 N–H and O–H groups in total. The average Bonchev–Trinajstić information content (AvgIpc) is 2.74. The molecule has 0 aromatic heterocycles. The van der Waals surface area contributed by atoms with Crippen molar-refractivity contribution in [2.75, 3.05) is 11.4 Å². The minimum Gasteiger partial charge on any atom is -0.365 e. The summed E-state index contributed by atoms with van der Waals surface area (Å²) in [6, 6.07) is 20.6. The number of fused-ring (bicyclic) bond motifs is 1. The van der Waals surface area contributed by atoms with Gasteiger partial charge in [0.25, 0.3) is 0 Å². The highest BCUT2D eigenvalue weighted by molar-refractivity contribution is 7.89. The first-order chi connectivity index (χ1) is 14.7. The zero-order valence-electron chi connectivity index (χ0n) is 16.5. The van der Waals surface area contributed by atoms with Crippen molar-refractivity contribution in [1.82, 2.24) is 4.72 Å². The summed E-state index contributed by atoms with van der Waals surface area (Å²) in [4.78, 5) is 1.96. The summed E-state index contributed by atoms with van der Waals surface area (Å²) in [7, 11) is -3.75. The topological polar surface area (TPSA) is 49.4 Å². The monoisotopic (exact) mass is 446 g/mol. The molecule has 1 aliphatic heterocycles. The van der Waals surface area contributed by atoms with Crippen molar-refractivity contribution >= 4 is 15.7 Å². The Morgan fingerprint density at radius 2 is 1.58 bits per heavy atom. The second-order valence-corrected chi connectivity index (χ2v) is 9.26. The minimum absolute atomic E-state index is 0.155. The van der Waals surface area contributed by atoms with Crippen LogP contribution < -0.4 is 9.62 Å². The average molecular weight is 446 g/mol. The van der Waals surface area contributed by atoms with Crippen LogP contribution >= 0.6 is 0 Å². The van der Waals surface area contributed by atoms with Gasteiger partial charge in [0.2, 0.25) is 10.0 Å². The number of benzene rings is 3. The number of anilines is 1. The highest BCUT2D eigenvalue weighted by atomic mass is 32.2. The molecule has 0 bridgehead atoms. The van der Waals surface area contributed by atoms with Crippen molar-refractivity contribution in [3.63, 3.8) is 0 Å². The second-order valence-electron chi connectivity index (χ2n) is 7.54. The predicted octanol–water partition coefficient (Wildman–Crippen LogP) is 4.62. The normalized spacial score (nSPS) is 16.7. The van der Waals surface area contributed by atoms with Gasteiger partial charge in [0.05, 0.1) is 10.5 Å². The van der Waals surface area contributed by atoms with Crippen LogP contribution in [0.2, 0.25) is 0 Å². The number of halogens is 3. The Kier molecular flexibility index (Phi) is 5.77. The molecular weight excluding hydrogens is 425 g/mol. The van der Waals surface area contributed by atoms with E-state index in [9.17, 15) is 21.6 Å². The molecule has 8 heteroatoms. The van der Waals surface area contributed by atoms with E-state index in [-0.39, 0.29) is 11.4 Å². The molecule has 0 saturated heterocycles. The van der Waals surface area contributed by atoms with Crippen molar-refractivity contribution in [1.29, 1.82) is 0 Å². The van der Waals surface area contributed by atoms with Gasteiger partial charge in [-0.3, -0.25) is 0 Å². The van der Waals surface area contributed by atoms with E-state index < -0.39 is 27.8 Å². The molecule has 162 valence electrons. The highest BCUT2D eigenvalue weighted by Crippen LogP contribution is 2.36. The van der Waals surface area contributed by atoms with E-state index in [0.717, 1.165) is 17.7 Å².